The molecule has 3 aromatic heterocycles. The quantitative estimate of drug-likeness (QED) is 0.536. The predicted molar refractivity (Wildman–Crippen MR) is 108 cm³/mol. The second-order valence-electron chi connectivity index (χ2n) is 6.59. The van der Waals surface area contributed by atoms with Crippen molar-refractivity contribution in [1.29, 1.82) is 0 Å². The van der Waals surface area contributed by atoms with E-state index in [-0.39, 0.29) is 5.56 Å². The van der Waals surface area contributed by atoms with Crippen molar-refractivity contribution in [2.45, 2.75) is 31.2 Å². The van der Waals surface area contributed by atoms with Crippen LogP contribution in [0.25, 0.3) is 5.65 Å². The van der Waals surface area contributed by atoms with E-state index in [9.17, 15) is 4.79 Å². The highest BCUT2D eigenvalue weighted by Crippen LogP contribution is 2.22. The van der Waals surface area contributed by atoms with E-state index in [4.69, 9.17) is 4.98 Å². The molecule has 6 heteroatoms. The number of aromatic amines is 1. The van der Waals surface area contributed by atoms with Gasteiger partial charge in [0.2, 0.25) is 0 Å². The average Bonchev–Trinajstić information content (AvgIpc) is 3.01. The minimum absolute atomic E-state index is 0.0558. The van der Waals surface area contributed by atoms with Crippen LogP contribution in [0.2, 0.25) is 0 Å². The van der Waals surface area contributed by atoms with Crippen molar-refractivity contribution in [3.8, 4) is 0 Å². The van der Waals surface area contributed by atoms with E-state index in [0.29, 0.717) is 11.4 Å². The summed E-state index contributed by atoms with van der Waals surface area (Å²) in [5, 5.41) is 0.851. The fraction of sp³-hybridized carbons (Fsp3) is 0.190. The van der Waals surface area contributed by atoms with Gasteiger partial charge < -0.3 is 4.98 Å². The van der Waals surface area contributed by atoms with Gasteiger partial charge >= 0.3 is 0 Å². The number of hydrogen-bond donors (Lipinski definition) is 1. The summed E-state index contributed by atoms with van der Waals surface area (Å²) in [5.41, 5.74) is 5.76. The Morgan fingerprint density at radius 3 is 2.70 bits per heavy atom. The summed E-state index contributed by atoms with van der Waals surface area (Å²) in [6.07, 6.45) is 2.62. The van der Waals surface area contributed by atoms with Gasteiger partial charge in [-0.05, 0) is 31.0 Å². The van der Waals surface area contributed by atoms with Crippen LogP contribution in [0.1, 0.15) is 28.2 Å². The SMILES string of the molecule is Cc1ccc2nc(CSc3nc(Cc4ccccc4)c(C)[nH]3)cc(=O)n2c1. The Morgan fingerprint density at radius 1 is 1.07 bits per heavy atom. The lowest BCUT2D eigenvalue weighted by Gasteiger charge is -2.04. The van der Waals surface area contributed by atoms with Crippen LogP contribution in [-0.4, -0.2) is 19.4 Å². The number of H-pyrrole nitrogens is 1. The highest BCUT2D eigenvalue weighted by atomic mass is 32.2. The summed E-state index contributed by atoms with van der Waals surface area (Å²) in [6, 6.07) is 15.7. The number of rotatable bonds is 5. The molecule has 0 aliphatic carbocycles. The fourth-order valence-electron chi connectivity index (χ4n) is 2.97. The lowest BCUT2D eigenvalue weighted by atomic mass is 10.1. The lowest BCUT2D eigenvalue weighted by molar-refractivity contribution is 0.990. The van der Waals surface area contributed by atoms with Crippen LogP contribution in [0.5, 0.6) is 0 Å². The molecular weight excluding hydrogens is 356 g/mol. The Morgan fingerprint density at radius 2 is 1.89 bits per heavy atom. The van der Waals surface area contributed by atoms with E-state index in [1.54, 1.807) is 22.2 Å². The third-order valence-electron chi connectivity index (χ3n) is 4.40. The number of nitrogens with zero attached hydrogens (tertiary/aromatic N) is 3. The largest absolute Gasteiger partial charge is 0.337 e. The molecule has 0 amide bonds. The second kappa shape index (κ2) is 7.40. The van der Waals surface area contributed by atoms with Crippen LogP contribution in [-0.2, 0) is 12.2 Å². The molecule has 4 rings (SSSR count). The molecule has 1 N–H and O–H groups in total. The van der Waals surface area contributed by atoms with Crippen molar-refractivity contribution in [2.75, 3.05) is 0 Å². The van der Waals surface area contributed by atoms with Crippen molar-refractivity contribution in [2.24, 2.45) is 0 Å². The Balaban J connectivity index is 1.51. The van der Waals surface area contributed by atoms with Crippen molar-refractivity contribution < 1.29 is 0 Å². The molecule has 136 valence electrons. The van der Waals surface area contributed by atoms with Gasteiger partial charge in [-0.3, -0.25) is 9.20 Å². The fourth-order valence-corrected chi connectivity index (χ4v) is 3.80. The summed E-state index contributed by atoms with van der Waals surface area (Å²) in [7, 11) is 0. The molecule has 0 unspecified atom stereocenters. The number of thioether (sulfide) groups is 1. The summed E-state index contributed by atoms with van der Waals surface area (Å²) < 4.78 is 1.58. The second-order valence-corrected chi connectivity index (χ2v) is 7.55. The highest BCUT2D eigenvalue weighted by Gasteiger charge is 2.10. The number of aromatic nitrogens is 4. The first-order valence-electron chi connectivity index (χ1n) is 8.79. The topological polar surface area (TPSA) is 63.0 Å². The van der Waals surface area contributed by atoms with Crippen LogP contribution in [0.4, 0.5) is 0 Å². The van der Waals surface area contributed by atoms with Gasteiger partial charge in [0.15, 0.2) is 5.16 Å². The molecule has 27 heavy (non-hydrogen) atoms. The first-order valence-corrected chi connectivity index (χ1v) is 9.78. The maximum atomic E-state index is 12.3. The Labute approximate surface area is 161 Å². The van der Waals surface area contributed by atoms with E-state index in [2.05, 4.69) is 22.1 Å². The Hall–Kier alpha value is -2.86. The maximum Gasteiger partial charge on any atom is 0.258 e. The first kappa shape index (κ1) is 17.5. The predicted octanol–water partition coefficient (Wildman–Crippen LogP) is 3.92. The standard InChI is InChI=1S/C21H20N4OS/c1-14-8-9-19-23-17(11-20(26)25(19)12-14)13-27-21-22-15(2)18(24-21)10-16-6-4-3-5-7-16/h3-9,11-12H,10,13H2,1-2H3,(H,22,24). The van der Waals surface area contributed by atoms with Crippen molar-refractivity contribution in [3.05, 3.63) is 93.3 Å². The van der Waals surface area contributed by atoms with E-state index >= 15 is 0 Å². The third kappa shape index (κ3) is 3.95. The number of fused-ring (bicyclic) bond motifs is 1. The van der Waals surface area contributed by atoms with Crippen LogP contribution in [0.3, 0.4) is 0 Å². The molecule has 0 atom stereocenters. The van der Waals surface area contributed by atoms with Gasteiger partial charge in [0.1, 0.15) is 5.65 Å². The van der Waals surface area contributed by atoms with Crippen molar-refractivity contribution in [3.63, 3.8) is 0 Å². The summed E-state index contributed by atoms with van der Waals surface area (Å²) in [4.78, 5) is 25.0. The first-order chi connectivity index (χ1) is 13.1. The zero-order valence-corrected chi connectivity index (χ0v) is 16.1. The Kier molecular flexibility index (Phi) is 4.81. The zero-order chi connectivity index (χ0) is 18.8. The number of hydrogen-bond acceptors (Lipinski definition) is 4. The number of nitrogens with one attached hydrogen (secondary N) is 1. The van der Waals surface area contributed by atoms with Crippen LogP contribution >= 0.6 is 11.8 Å². The monoisotopic (exact) mass is 376 g/mol. The summed E-state index contributed by atoms with van der Waals surface area (Å²) in [6.45, 7) is 4.00. The molecule has 0 aliphatic heterocycles. The minimum Gasteiger partial charge on any atom is -0.337 e. The molecule has 0 saturated heterocycles. The van der Waals surface area contributed by atoms with Crippen LogP contribution in [0.15, 0.2) is 64.7 Å². The van der Waals surface area contributed by atoms with E-state index in [1.165, 1.54) is 5.56 Å². The molecule has 1 aromatic carbocycles. The molecule has 0 spiro atoms. The molecule has 4 aromatic rings. The van der Waals surface area contributed by atoms with Crippen LogP contribution in [0, 0.1) is 13.8 Å². The number of benzene rings is 1. The van der Waals surface area contributed by atoms with Gasteiger partial charge in [0.25, 0.3) is 5.56 Å². The molecule has 0 radical (unpaired) electrons. The van der Waals surface area contributed by atoms with Crippen molar-refractivity contribution in [1.82, 2.24) is 19.4 Å². The van der Waals surface area contributed by atoms with E-state index < -0.39 is 0 Å². The number of imidazole rings is 1. The third-order valence-corrected chi connectivity index (χ3v) is 5.30. The molecule has 0 bridgehead atoms. The number of aryl methyl sites for hydroxylation is 2. The maximum absolute atomic E-state index is 12.3. The molecule has 0 aliphatic rings. The van der Waals surface area contributed by atoms with Crippen molar-refractivity contribution >= 4 is 17.4 Å². The van der Waals surface area contributed by atoms with E-state index in [1.807, 2.05) is 50.4 Å². The normalized spacial score (nSPS) is 11.2. The zero-order valence-electron chi connectivity index (χ0n) is 15.3. The van der Waals surface area contributed by atoms with Gasteiger partial charge in [-0.15, -0.1) is 0 Å². The number of pyridine rings is 1. The molecular formula is C21H20N4OS. The highest BCUT2D eigenvalue weighted by molar-refractivity contribution is 7.98. The Bertz CT molecular complexity index is 1150. The van der Waals surface area contributed by atoms with Gasteiger partial charge in [0, 0.05) is 30.1 Å². The minimum atomic E-state index is -0.0558. The lowest BCUT2D eigenvalue weighted by Crippen LogP contribution is -2.15. The molecule has 5 nitrogen and oxygen atoms in total. The van der Waals surface area contributed by atoms with Gasteiger partial charge in [0.05, 0.1) is 11.4 Å². The summed E-state index contributed by atoms with van der Waals surface area (Å²) >= 11 is 1.56. The van der Waals surface area contributed by atoms with Crippen LogP contribution < -0.4 is 5.56 Å². The average molecular weight is 376 g/mol. The smallest absolute Gasteiger partial charge is 0.258 e. The molecule has 0 saturated carbocycles. The summed E-state index contributed by atoms with van der Waals surface area (Å²) in [5.74, 6) is 0.595. The van der Waals surface area contributed by atoms with Gasteiger partial charge in [-0.25, -0.2) is 9.97 Å². The molecule has 0 fully saturated rings. The van der Waals surface area contributed by atoms with Gasteiger partial charge in [-0.2, -0.15) is 0 Å². The molecule has 3 heterocycles. The van der Waals surface area contributed by atoms with Gasteiger partial charge in [-0.1, -0.05) is 48.2 Å². The van der Waals surface area contributed by atoms with E-state index in [0.717, 1.165) is 34.2 Å².